The van der Waals surface area contributed by atoms with Crippen molar-refractivity contribution < 1.29 is 0 Å². The summed E-state index contributed by atoms with van der Waals surface area (Å²) >= 11 is 5.94. The van der Waals surface area contributed by atoms with Gasteiger partial charge in [0, 0.05) is 36.8 Å². The Morgan fingerprint density at radius 3 is 2.54 bits per heavy atom. The SMILES string of the molecule is N#Cc1ccc(-n2[nH]c3c(c2=O)CN(Cc2ccc(Cl)cc2)CC3)cc1. The standard InChI is InChI=1S/C20H17ClN4O/c21-16-5-1-15(2-6-16)12-24-10-9-19-18(13-24)20(26)25(23-19)17-7-3-14(11-22)4-8-17/h1-8,23H,9-10,12-13H2. The molecule has 1 aliphatic heterocycles. The highest BCUT2D eigenvalue weighted by atomic mass is 35.5. The lowest BCUT2D eigenvalue weighted by Crippen LogP contribution is -2.32. The van der Waals surface area contributed by atoms with Crippen molar-refractivity contribution in [1.29, 1.82) is 5.26 Å². The molecule has 2 aromatic carbocycles. The summed E-state index contributed by atoms with van der Waals surface area (Å²) in [5.74, 6) is 0. The van der Waals surface area contributed by atoms with Crippen LogP contribution in [0.1, 0.15) is 22.4 Å². The first-order chi connectivity index (χ1) is 12.6. The molecule has 0 bridgehead atoms. The van der Waals surface area contributed by atoms with Gasteiger partial charge in [0.05, 0.1) is 22.9 Å². The highest BCUT2D eigenvalue weighted by Crippen LogP contribution is 2.19. The number of halogens is 1. The van der Waals surface area contributed by atoms with E-state index in [0.717, 1.165) is 41.5 Å². The van der Waals surface area contributed by atoms with Crippen molar-refractivity contribution >= 4 is 11.6 Å². The zero-order valence-corrected chi connectivity index (χ0v) is 14.8. The molecule has 6 heteroatoms. The topological polar surface area (TPSA) is 64.8 Å². The van der Waals surface area contributed by atoms with Crippen molar-refractivity contribution in [2.24, 2.45) is 0 Å². The van der Waals surface area contributed by atoms with Crippen LogP contribution in [0.3, 0.4) is 0 Å². The molecule has 0 spiro atoms. The van der Waals surface area contributed by atoms with Crippen molar-refractivity contribution in [1.82, 2.24) is 14.7 Å². The highest BCUT2D eigenvalue weighted by molar-refractivity contribution is 6.30. The number of aromatic amines is 1. The summed E-state index contributed by atoms with van der Waals surface area (Å²) in [6.45, 7) is 2.30. The Morgan fingerprint density at radius 1 is 1.12 bits per heavy atom. The summed E-state index contributed by atoms with van der Waals surface area (Å²) in [5.41, 5.74) is 4.28. The molecule has 5 nitrogen and oxygen atoms in total. The molecular weight excluding hydrogens is 348 g/mol. The third-order valence-electron chi connectivity index (χ3n) is 4.71. The van der Waals surface area contributed by atoms with Gasteiger partial charge in [0.1, 0.15) is 0 Å². The summed E-state index contributed by atoms with van der Waals surface area (Å²) in [6, 6.07) is 16.9. The van der Waals surface area contributed by atoms with Crippen molar-refractivity contribution in [2.45, 2.75) is 19.5 Å². The zero-order valence-electron chi connectivity index (χ0n) is 14.1. The Morgan fingerprint density at radius 2 is 1.85 bits per heavy atom. The molecule has 4 rings (SSSR count). The van der Waals surface area contributed by atoms with Crippen LogP contribution in [0, 0.1) is 11.3 Å². The Hall–Kier alpha value is -2.81. The number of nitrogens with zero attached hydrogens (tertiary/aromatic N) is 3. The molecule has 0 unspecified atom stereocenters. The Kier molecular flexibility index (Phi) is 4.37. The second kappa shape index (κ2) is 6.83. The molecule has 26 heavy (non-hydrogen) atoms. The molecule has 130 valence electrons. The average Bonchev–Trinajstić information content (AvgIpc) is 3.00. The van der Waals surface area contributed by atoms with E-state index < -0.39 is 0 Å². The molecule has 0 atom stereocenters. The van der Waals surface area contributed by atoms with Crippen molar-refractivity contribution in [3.05, 3.63) is 86.3 Å². The summed E-state index contributed by atoms with van der Waals surface area (Å²) < 4.78 is 1.57. The molecule has 0 saturated heterocycles. The number of hydrogen-bond acceptors (Lipinski definition) is 3. The fourth-order valence-corrected chi connectivity index (χ4v) is 3.44. The number of nitrogens with one attached hydrogen (secondary N) is 1. The van der Waals surface area contributed by atoms with Crippen molar-refractivity contribution in [2.75, 3.05) is 6.54 Å². The molecule has 0 radical (unpaired) electrons. The van der Waals surface area contributed by atoms with Gasteiger partial charge in [0.15, 0.2) is 0 Å². The van der Waals surface area contributed by atoms with Crippen molar-refractivity contribution in [3.63, 3.8) is 0 Å². The average molecular weight is 365 g/mol. The van der Waals surface area contributed by atoms with E-state index in [1.54, 1.807) is 28.9 Å². The maximum atomic E-state index is 12.8. The number of rotatable bonds is 3. The van der Waals surface area contributed by atoms with Crippen LogP contribution in [0.4, 0.5) is 0 Å². The maximum absolute atomic E-state index is 12.8. The van der Waals surface area contributed by atoms with Crippen LogP contribution < -0.4 is 5.56 Å². The first-order valence-corrected chi connectivity index (χ1v) is 8.82. The van der Waals surface area contributed by atoms with E-state index in [1.165, 1.54) is 5.56 Å². The number of fused-ring (bicyclic) bond motifs is 1. The van der Waals surface area contributed by atoms with Crippen molar-refractivity contribution in [3.8, 4) is 11.8 Å². The van der Waals surface area contributed by atoms with Gasteiger partial charge in [0.2, 0.25) is 0 Å². The molecule has 1 aliphatic rings. The second-order valence-corrected chi connectivity index (χ2v) is 6.89. The molecule has 0 aliphatic carbocycles. The second-order valence-electron chi connectivity index (χ2n) is 6.46. The number of H-pyrrole nitrogens is 1. The van der Waals surface area contributed by atoms with Gasteiger partial charge in [-0.3, -0.25) is 14.8 Å². The van der Waals surface area contributed by atoms with Gasteiger partial charge in [-0.05, 0) is 42.0 Å². The first-order valence-electron chi connectivity index (χ1n) is 8.44. The summed E-state index contributed by atoms with van der Waals surface area (Å²) in [6.07, 6.45) is 0.807. The van der Waals surface area contributed by atoms with Gasteiger partial charge < -0.3 is 0 Å². The monoisotopic (exact) mass is 364 g/mol. The van der Waals surface area contributed by atoms with Crippen LogP contribution in [0.2, 0.25) is 5.02 Å². The minimum absolute atomic E-state index is 0.0227. The number of nitriles is 1. The third kappa shape index (κ3) is 3.17. The highest BCUT2D eigenvalue weighted by Gasteiger charge is 2.23. The van der Waals surface area contributed by atoms with Crippen LogP contribution in [0.15, 0.2) is 53.3 Å². The van der Waals surface area contributed by atoms with E-state index in [-0.39, 0.29) is 5.56 Å². The number of hydrogen-bond donors (Lipinski definition) is 1. The van der Waals surface area contributed by atoms with Crippen LogP contribution in [0.5, 0.6) is 0 Å². The minimum Gasteiger partial charge on any atom is -0.295 e. The molecule has 0 amide bonds. The first kappa shape index (κ1) is 16.6. The quantitative estimate of drug-likeness (QED) is 0.775. The molecular formula is C20H17ClN4O. The number of aromatic nitrogens is 2. The van der Waals surface area contributed by atoms with Gasteiger partial charge in [0.25, 0.3) is 5.56 Å². The lowest BCUT2D eigenvalue weighted by atomic mass is 10.1. The summed E-state index contributed by atoms with van der Waals surface area (Å²) in [7, 11) is 0. The van der Waals surface area contributed by atoms with E-state index in [2.05, 4.69) is 16.1 Å². The molecule has 1 N–H and O–H groups in total. The Balaban J connectivity index is 1.57. The van der Waals surface area contributed by atoms with Gasteiger partial charge >= 0.3 is 0 Å². The predicted octanol–water partition coefficient (Wildman–Crippen LogP) is 3.25. The molecule has 0 fully saturated rings. The summed E-state index contributed by atoms with van der Waals surface area (Å²) in [4.78, 5) is 15.1. The van der Waals surface area contributed by atoms with E-state index >= 15 is 0 Å². The van der Waals surface area contributed by atoms with Crippen LogP contribution >= 0.6 is 11.6 Å². The maximum Gasteiger partial charge on any atom is 0.275 e. The summed E-state index contributed by atoms with van der Waals surface area (Å²) in [5, 5.41) is 12.9. The largest absolute Gasteiger partial charge is 0.295 e. The van der Waals surface area contributed by atoms with Gasteiger partial charge in [-0.15, -0.1) is 0 Å². The minimum atomic E-state index is -0.0227. The molecule has 1 aromatic heterocycles. The van der Waals surface area contributed by atoms with E-state index in [9.17, 15) is 4.79 Å². The lowest BCUT2D eigenvalue weighted by molar-refractivity contribution is 0.244. The smallest absolute Gasteiger partial charge is 0.275 e. The molecule has 3 aromatic rings. The Bertz CT molecular complexity index is 1030. The fourth-order valence-electron chi connectivity index (χ4n) is 3.31. The van der Waals surface area contributed by atoms with Gasteiger partial charge in [-0.2, -0.15) is 5.26 Å². The van der Waals surface area contributed by atoms with E-state index in [4.69, 9.17) is 16.9 Å². The van der Waals surface area contributed by atoms with Gasteiger partial charge in [-0.25, -0.2) is 4.68 Å². The normalized spacial score (nSPS) is 14.0. The lowest BCUT2D eigenvalue weighted by Gasteiger charge is -2.25. The van der Waals surface area contributed by atoms with Crippen LogP contribution in [-0.4, -0.2) is 21.2 Å². The number of benzene rings is 2. The van der Waals surface area contributed by atoms with Crippen LogP contribution in [-0.2, 0) is 19.5 Å². The molecule has 2 heterocycles. The predicted molar refractivity (Wildman–Crippen MR) is 100 cm³/mol. The van der Waals surface area contributed by atoms with E-state index in [0.29, 0.717) is 12.1 Å². The van der Waals surface area contributed by atoms with Crippen LogP contribution in [0.25, 0.3) is 5.69 Å². The van der Waals surface area contributed by atoms with Gasteiger partial charge in [-0.1, -0.05) is 23.7 Å². The fraction of sp³-hybridized carbons (Fsp3) is 0.200. The Labute approximate surface area is 156 Å². The zero-order chi connectivity index (χ0) is 18.1. The molecule has 0 saturated carbocycles. The van der Waals surface area contributed by atoms with E-state index in [1.807, 2.05) is 24.3 Å². The third-order valence-corrected chi connectivity index (χ3v) is 4.96.